The highest BCUT2D eigenvalue weighted by atomic mass is 16.5. The Balaban J connectivity index is 1.93. The van der Waals surface area contributed by atoms with Crippen LogP contribution in [0.15, 0.2) is 16.8 Å². The van der Waals surface area contributed by atoms with Crippen molar-refractivity contribution in [3.05, 3.63) is 11.8 Å². The molecule has 0 bridgehead atoms. The first-order valence-electron chi connectivity index (χ1n) is 40.6. The first-order valence-corrected chi connectivity index (χ1v) is 40.6. The van der Waals surface area contributed by atoms with Gasteiger partial charge in [0.25, 0.3) is 5.91 Å². The van der Waals surface area contributed by atoms with Crippen molar-refractivity contribution in [3.63, 3.8) is 0 Å². The predicted molar refractivity (Wildman–Crippen MR) is 425 cm³/mol. The zero-order chi connectivity index (χ0) is 86.1. The van der Waals surface area contributed by atoms with E-state index in [9.17, 15) is 77.6 Å². The number of guanidine groups is 1. The van der Waals surface area contributed by atoms with Crippen molar-refractivity contribution in [1.82, 2.24) is 83.8 Å². The molecule has 646 valence electrons. The van der Waals surface area contributed by atoms with E-state index in [-0.39, 0.29) is 31.7 Å². The molecule has 114 heavy (non-hydrogen) atoms. The third kappa shape index (κ3) is 29.7. The van der Waals surface area contributed by atoms with Gasteiger partial charge in [0, 0.05) is 40.7 Å². The molecule has 0 aliphatic carbocycles. The molecule has 36 heteroatoms. The number of aliphatic imine (C=N–C) groups is 1. The Bertz CT molecular complexity index is 3330. The summed E-state index contributed by atoms with van der Waals surface area (Å²) >= 11 is 0. The number of aliphatic hydroxyl groups excluding tert-OH is 3. The van der Waals surface area contributed by atoms with E-state index in [2.05, 4.69) is 81.0 Å². The Labute approximate surface area is 671 Å². The molecule has 0 radical (unpaired) electrons. The molecular weight excluding hydrogens is 1480 g/mol. The van der Waals surface area contributed by atoms with Gasteiger partial charge in [0.1, 0.15) is 84.3 Å². The van der Waals surface area contributed by atoms with Crippen LogP contribution in [-0.2, 0) is 76.7 Å². The Kier molecular flexibility index (Phi) is 42.6. The van der Waals surface area contributed by atoms with E-state index in [0.29, 0.717) is 38.2 Å². The molecule has 0 aromatic heterocycles. The van der Waals surface area contributed by atoms with Crippen molar-refractivity contribution in [2.75, 3.05) is 47.4 Å². The Morgan fingerprint density at radius 3 is 1.72 bits per heavy atom. The fourth-order valence-corrected chi connectivity index (χ4v) is 13.7. The number of hydrogen-bond acceptors (Lipinski definition) is 20. The zero-order valence-electron chi connectivity index (χ0n) is 70.5. The predicted octanol–water partition coefficient (Wildman–Crippen LogP) is -0.842. The minimum atomic E-state index is -1.98. The fraction of sp³-hybridized carbons (Fsp3) is 0.769. The number of ether oxygens (including phenoxy) is 1. The van der Waals surface area contributed by atoms with Gasteiger partial charge in [0.05, 0.1) is 31.4 Å². The van der Waals surface area contributed by atoms with Gasteiger partial charge in [-0.2, -0.15) is 0 Å². The van der Waals surface area contributed by atoms with Crippen LogP contribution in [0.3, 0.4) is 0 Å². The quantitative estimate of drug-likeness (QED) is 0.0207. The van der Waals surface area contributed by atoms with Gasteiger partial charge in [-0.3, -0.25) is 72.1 Å². The largest absolute Gasteiger partial charge is 0.458 e. The molecule has 0 unspecified atom stereocenters. The number of nitrogens with zero attached hydrogens (tertiary/aromatic N) is 4. The van der Waals surface area contributed by atoms with Crippen molar-refractivity contribution in [2.24, 2.45) is 34.6 Å². The van der Waals surface area contributed by atoms with Crippen LogP contribution in [-0.4, -0.2) is 269 Å². The third-order valence-electron chi connectivity index (χ3n) is 21.3. The van der Waals surface area contributed by atoms with Gasteiger partial charge < -0.3 is 104 Å². The first-order chi connectivity index (χ1) is 53.7. The molecule has 3 rings (SSSR count). The maximum atomic E-state index is 15.0. The summed E-state index contributed by atoms with van der Waals surface area (Å²) in [5, 5.41) is 65.7. The summed E-state index contributed by atoms with van der Waals surface area (Å²) in [7, 11) is 4.40. The van der Waals surface area contributed by atoms with Crippen molar-refractivity contribution < 1.29 is 92.0 Å². The van der Waals surface area contributed by atoms with Gasteiger partial charge in [-0.15, -0.1) is 0 Å². The number of likely N-dealkylation sites (tertiary alicyclic amines) is 1. The van der Waals surface area contributed by atoms with E-state index in [4.69, 9.17) is 4.74 Å². The van der Waals surface area contributed by atoms with Crippen molar-refractivity contribution in [1.29, 1.82) is 0 Å². The van der Waals surface area contributed by atoms with Crippen molar-refractivity contribution in [2.45, 2.75) is 310 Å². The van der Waals surface area contributed by atoms with Crippen LogP contribution in [0.1, 0.15) is 214 Å². The minimum Gasteiger partial charge on any atom is -0.458 e. The topological polar surface area (TPSA) is 504 Å². The standard InChI is InChI=1S/C78H135N17O19/c1-20-24-25-26-27-28-29-30-31-32-35-55(100)95-38-33-34-53(95)76(112)94(19)64(48(15)98)75(111)81-39-54(99)85-56(41(5)6)68(104)89-59(44(11)21-2)71(107)82-46(13)65(101)83-50(23-4)66(102)91-62-49(16)114-77(113)63(52-36-37-80-78(79-17)93(52)18)92-72(108)60(45(12)22-3)88-67(103)51(40-96)84-73(109)61(47(14)97)90-70(106)58(43(9)10)86-69(105)57(42(7)8)87-74(62)110/h23,41-49,51-53,56-64,96-98H,20-22,24-40H2,1-19H3,(H,79,80)(H,81,111)(H,82,107)(H,83,101)(H,84,109)(H,85,99)(H,86,105)(H,87,110)(H,88,103)(H,89,104)(H,90,106)(H,91,102)(H,92,108)/b50-23-/t44-,45-,46-,47+,48+,49-,51+,52+,53+,56-,57-,58+,59-,60-,61-,62-,63+,64+/m1/s1. The first kappa shape index (κ1) is 99.1. The number of amides is 14. The zero-order valence-corrected chi connectivity index (χ0v) is 70.5. The number of allylic oxidation sites excluding steroid dienone is 1. The number of cyclic esters (lactones) is 1. The number of rotatable bonds is 36. The number of carbonyl (C=O) groups is 15. The summed E-state index contributed by atoms with van der Waals surface area (Å²) in [5.74, 6) is -16.9. The van der Waals surface area contributed by atoms with E-state index >= 15 is 9.59 Å². The lowest BCUT2D eigenvalue weighted by molar-refractivity contribution is -0.157. The molecule has 14 amide bonds. The molecule has 0 aromatic carbocycles. The average Bonchev–Trinajstić information content (AvgIpc) is 1.05. The van der Waals surface area contributed by atoms with Gasteiger partial charge in [-0.1, -0.05) is 153 Å². The van der Waals surface area contributed by atoms with Gasteiger partial charge in [0.15, 0.2) is 5.96 Å². The summed E-state index contributed by atoms with van der Waals surface area (Å²) in [6, 6.07) is -19.1. The van der Waals surface area contributed by atoms with Crippen LogP contribution >= 0.6 is 0 Å². The number of unbranched alkanes of at least 4 members (excludes halogenated alkanes) is 9. The SMILES string of the molecule is C/C=C(\NC(=O)[C@@H](C)NC(=O)[C@H](NC(=O)[C@H](NC(=O)CNC(=O)[C@H]([C@H](C)O)N(C)C(=O)[C@@H]1CCCN1C(=O)CCCCCCCCCCCC)C(C)C)[C@H](C)CC)C(=O)N[C@H]1C(=O)N[C@H](C(C)C)C(=O)N[C@@H](C(C)C)C(=O)N[C@H]([C@H](C)O)C(=O)N[C@@H](CO)C(=O)N[C@H]([C@H](C)CC)C(=O)N[C@@H]([C@@H]2CCNC(=NC)N2C)C(=O)O[C@@H]1C. The molecule has 0 spiro atoms. The maximum Gasteiger partial charge on any atom is 0.331 e. The van der Waals surface area contributed by atoms with Crippen LogP contribution in [0.5, 0.6) is 0 Å². The maximum absolute atomic E-state index is 15.0. The highest BCUT2D eigenvalue weighted by Crippen LogP contribution is 2.25. The number of esters is 1. The van der Waals surface area contributed by atoms with Crippen LogP contribution in [0.4, 0.5) is 0 Å². The molecule has 3 saturated heterocycles. The molecule has 3 aliphatic heterocycles. The minimum absolute atomic E-state index is 0.149. The summed E-state index contributed by atoms with van der Waals surface area (Å²) in [4.78, 5) is 222. The number of likely N-dealkylation sites (N-methyl/N-ethyl adjacent to an activating group) is 2. The van der Waals surface area contributed by atoms with Crippen molar-refractivity contribution >= 4 is 94.6 Å². The van der Waals surface area contributed by atoms with Crippen LogP contribution in [0, 0.1) is 29.6 Å². The number of hydrogen-bond donors (Lipinski definition) is 16. The second-order valence-electron chi connectivity index (χ2n) is 31.4. The number of aliphatic hydroxyl groups is 3. The van der Waals surface area contributed by atoms with E-state index in [0.717, 1.165) is 36.7 Å². The van der Waals surface area contributed by atoms with Crippen LogP contribution in [0.2, 0.25) is 0 Å². The van der Waals surface area contributed by atoms with Gasteiger partial charge in [-0.25, -0.2) is 4.79 Å². The summed E-state index contributed by atoms with van der Waals surface area (Å²) < 4.78 is 6.07. The average molecular weight is 1620 g/mol. The molecule has 3 heterocycles. The van der Waals surface area contributed by atoms with E-state index in [1.54, 1.807) is 86.1 Å². The molecule has 36 nitrogen and oxygen atoms in total. The molecule has 16 N–H and O–H groups in total. The van der Waals surface area contributed by atoms with Crippen LogP contribution < -0.4 is 69.1 Å². The highest BCUT2D eigenvalue weighted by molar-refractivity contribution is 6.03. The molecule has 3 fully saturated rings. The Morgan fingerprint density at radius 1 is 0.649 bits per heavy atom. The Hall–Kier alpha value is -9.06. The smallest absolute Gasteiger partial charge is 0.331 e. The lowest BCUT2D eigenvalue weighted by Gasteiger charge is -2.40. The molecule has 0 aromatic rings. The number of nitrogens with one attached hydrogen (secondary N) is 13. The van der Waals surface area contributed by atoms with Gasteiger partial charge in [-0.05, 0) is 89.9 Å². The molecular formula is C78H135N17O19. The lowest BCUT2D eigenvalue weighted by atomic mass is 9.95. The summed E-state index contributed by atoms with van der Waals surface area (Å²) in [6.07, 6.45) is 9.29. The van der Waals surface area contributed by atoms with Crippen molar-refractivity contribution in [3.8, 4) is 0 Å². The third-order valence-corrected chi connectivity index (χ3v) is 21.3. The van der Waals surface area contributed by atoms with E-state index < -0.39 is 228 Å². The second kappa shape index (κ2) is 49.0. The van der Waals surface area contributed by atoms with Gasteiger partial charge >= 0.3 is 5.97 Å². The molecule has 3 aliphatic rings. The highest BCUT2D eigenvalue weighted by Gasteiger charge is 2.46. The second-order valence-corrected chi connectivity index (χ2v) is 31.4. The Morgan fingerprint density at radius 2 is 1.19 bits per heavy atom. The summed E-state index contributed by atoms with van der Waals surface area (Å²) in [6.45, 7) is 23.5. The van der Waals surface area contributed by atoms with E-state index in [1.165, 1.54) is 80.8 Å². The molecule has 18 atom stereocenters. The number of carbonyl (C=O) groups excluding carboxylic acids is 15. The van der Waals surface area contributed by atoms with Crippen LogP contribution in [0.25, 0.3) is 0 Å². The monoisotopic (exact) mass is 1610 g/mol. The summed E-state index contributed by atoms with van der Waals surface area (Å²) in [5.41, 5.74) is -0.521. The normalized spacial score (nSPS) is 24.5. The molecule has 0 saturated carbocycles. The lowest BCUT2D eigenvalue weighted by Crippen LogP contribution is -2.66. The van der Waals surface area contributed by atoms with Gasteiger partial charge in [0.2, 0.25) is 76.8 Å². The fourth-order valence-electron chi connectivity index (χ4n) is 13.7. The van der Waals surface area contributed by atoms with E-state index in [1.807, 2.05) is 0 Å².